The Morgan fingerprint density at radius 1 is 1.04 bits per heavy atom. The van der Waals surface area contributed by atoms with Gasteiger partial charge in [-0.2, -0.15) is 24.3 Å². The third-order valence-electron chi connectivity index (χ3n) is 3.78. The second kappa shape index (κ2) is 9.70. The molecule has 0 saturated carbocycles. The van der Waals surface area contributed by atoms with E-state index < -0.39 is 0 Å². The summed E-state index contributed by atoms with van der Waals surface area (Å²) >= 11 is 2.35. The fourth-order valence-electron chi connectivity index (χ4n) is 2.42. The molecule has 0 bridgehead atoms. The molecular weight excluding hydrogens is 465 g/mol. The predicted octanol–water partition coefficient (Wildman–Crippen LogP) is 5.28. The number of benzene rings is 1. The molecule has 25 heavy (non-hydrogen) atoms. The average molecular weight is 483 g/mol. The summed E-state index contributed by atoms with van der Waals surface area (Å²) in [6.07, 6.45) is 2.00. The summed E-state index contributed by atoms with van der Waals surface area (Å²) in [7, 11) is 0. The first-order valence-corrected chi connectivity index (χ1v) is 8.88. The minimum atomic E-state index is 0. The van der Waals surface area contributed by atoms with E-state index in [-0.39, 0.29) is 23.1 Å². The van der Waals surface area contributed by atoms with Crippen LogP contribution in [-0.2, 0) is 17.1 Å². The van der Waals surface area contributed by atoms with Crippen LogP contribution in [0.4, 0.5) is 0 Å². The van der Waals surface area contributed by atoms with Crippen LogP contribution in [0.25, 0.3) is 11.3 Å². The quantitative estimate of drug-likeness (QED) is 0.226. The van der Waals surface area contributed by atoms with Crippen LogP contribution in [0.15, 0.2) is 85.1 Å². The van der Waals surface area contributed by atoms with E-state index in [4.69, 9.17) is 0 Å². The van der Waals surface area contributed by atoms with Crippen molar-refractivity contribution in [3.63, 3.8) is 0 Å². The summed E-state index contributed by atoms with van der Waals surface area (Å²) in [5.74, 6) is 0. The fourth-order valence-corrected chi connectivity index (χ4v) is 3.26. The molecule has 0 fully saturated rings. The third-order valence-corrected chi connectivity index (χ3v) is 4.76. The van der Waals surface area contributed by atoms with Crippen molar-refractivity contribution in [2.24, 2.45) is 0 Å². The van der Waals surface area contributed by atoms with Gasteiger partial charge in [0, 0.05) is 11.6 Å². The summed E-state index contributed by atoms with van der Waals surface area (Å²) in [4.78, 5) is 0. The minimum Gasteiger partial charge on any atom is -0.256 e. The normalized spacial score (nSPS) is 11.1. The van der Waals surface area contributed by atoms with Crippen molar-refractivity contribution in [2.75, 3.05) is 0 Å². The van der Waals surface area contributed by atoms with E-state index in [1.54, 1.807) is 0 Å². The molecule has 3 aromatic carbocycles. The van der Waals surface area contributed by atoms with Crippen LogP contribution in [-0.4, -0.2) is 15.0 Å². The molecule has 3 nitrogen and oxygen atoms in total. The van der Waals surface area contributed by atoms with Gasteiger partial charge in [0.2, 0.25) is 0 Å². The van der Waals surface area contributed by atoms with Gasteiger partial charge in [0.15, 0.2) is 0 Å². The van der Waals surface area contributed by atoms with E-state index in [2.05, 4.69) is 58.0 Å². The molecule has 0 saturated heterocycles. The van der Waals surface area contributed by atoms with Crippen molar-refractivity contribution in [2.45, 2.75) is 13.0 Å². The van der Waals surface area contributed by atoms with Gasteiger partial charge in [0.05, 0.1) is 6.20 Å². The van der Waals surface area contributed by atoms with Crippen molar-refractivity contribution in [1.29, 1.82) is 0 Å². The van der Waals surface area contributed by atoms with E-state index in [1.165, 1.54) is 9.13 Å². The summed E-state index contributed by atoms with van der Waals surface area (Å²) < 4.78 is 3.18. The molecule has 5 heteroatoms. The van der Waals surface area contributed by atoms with Crippen LogP contribution < -0.4 is 0 Å². The number of hydrogen-bond acceptors (Lipinski definition) is 2. The zero-order chi connectivity index (χ0) is 16.8. The molecule has 4 aromatic rings. The monoisotopic (exact) mass is 483 g/mol. The number of hydrogen-bond donors (Lipinski definition) is 0. The van der Waals surface area contributed by atoms with Crippen molar-refractivity contribution in [3.8, 4) is 11.3 Å². The number of aromatic nitrogens is 3. The summed E-state index contributed by atoms with van der Waals surface area (Å²) in [6, 6.07) is 26.6. The molecule has 0 spiro atoms. The predicted molar refractivity (Wildman–Crippen MR) is 106 cm³/mol. The molecule has 0 aliphatic heterocycles. The van der Waals surface area contributed by atoms with Gasteiger partial charge in [-0.05, 0) is 6.92 Å². The second-order valence-corrected chi connectivity index (χ2v) is 6.58. The first-order valence-electron chi connectivity index (χ1n) is 7.81. The second-order valence-electron chi connectivity index (χ2n) is 5.42. The maximum absolute atomic E-state index is 4.26. The van der Waals surface area contributed by atoms with Crippen LogP contribution in [0.3, 0.4) is 0 Å². The molecule has 0 aliphatic carbocycles. The zero-order valence-corrected chi connectivity index (χ0v) is 17.0. The maximum atomic E-state index is 4.26. The Morgan fingerprint density at radius 3 is 2.32 bits per heavy atom. The van der Waals surface area contributed by atoms with E-state index in [0.29, 0.717) is 0 Å². The van der Waals surface area contributed by atoms with Crippen molar-refractivity contribution >= 4 is 22.6 Å². The Morgan fingerprint density at radius 2 is 1.76 bits per heavy atom. The summed E-state index contributed by atoms with van der Waals surface area (Å²) in [5.41, 5.74) is 3.29. The van der Waals surface area contributed by atoms with E-state index in [9.17, 15) is 0 Å². The summed E-state index contributed by atoms with van der Waals surface area (Å²) in [5, 5.41) is 8.51. The SMILES string of the molecule is C[C@@H]([c-]1cccc1I)n1cc(-c2ccccc2)nn1.[Fe+2].c1cc[cH-]c1. The van der Waals surface area contributed by atoms with Gasteiger partial charge in [0.25, 0.3) is 0 Å². The number of halogens is 1. The van der Waals surface area contributed by atoms with E-state index in [0.717, 1.165) is 11.3 Å². The molecule has 128 valence electrons. The van der Waals surface area contributed by atoms with Gasteiger partial charge in [-0.25, -0.2) is 24.3 Å². The maximum Gasteiger partial charge on any atom is 2.00 e. The fraction of sp³-hybridized carbons (Fsp3) is 0.100. The molecule has 0 radical (unpaired) electrons. The average Bonchev–Trinajstić information content (AvgIpc) is 3.38. The molecular formula is C20H18FeIN3. The van der Waals surface area contributed by atoms with Crippen LogP contribution in [0.1, 0.15) is 18.5 Å². The minimum absolute atomic E-state index is 0. The van der Waals surface area contributed by atoms with Gasteiger partial charge in [0.1, 0.15) is 5.69 Å². The third kappa shape index (κ3) is 5.14. The van der Waals surface area contributed by atoms with Crippen molar-refractivity contribution in [1.82, 2.24) is 15.0 Å². The van der Waals surface area contributed by atoms with Crippen LogP contribution in [0, 0.1) is 3.57 Å². The molecule has 1 aromatic heterocycles. The molecule has 4 rings (SSSR count). The van der Waals surface area contributed by atoms with Crippen molar-refractivity contribution in [3.05, 3.63) is 94.2 Å². The van der Waals surface area contributed by atoms with Gasteiger partial charge in [-0.3, -0.25) is 4.68 Å². The number of rotatable bonds is 3. The van der Waals surface area contributed by atoms with Gasteiger partial charge < -0.3 is 0 Å². The largest absolute Gasteiger partial charge is 2.00 e. The molecule has 0 aliphatic rings. The first kappa shape index (κ1) is 19.6. The smallest absolute Gasteiger partial charge is 0.256 e. The van der Waals surface area contributed by atoms with Gasteiger partial charge >= 0.3 is 17.1 Å². The van der Waals surface area contributed by atoms with Crippen LogP contribution in [0.2, 0.25) is 0 Å². The Hall–Kier alpha value is -1.69. The topological polar surface area (TPSA) is 30.7 Å². The van der Waals surface area contributed by atoms with Crippen LogP contribution >= 0.6 is 22.6 Å². The first-order chi connectivity index (χ1) is 11.8. The Labute approximate surface area is 172 Å². The molecule has 0 unspecified atom stereocenters. The van der Waals surface area contributed by atoms with Gasteiger partial charge in [-0.15, -0.1) is 14.2 Å². The Kier molecular flexibility index (Phi) is 7.62. The van der Waals surface area contributed by atoms with E-state index in [1.807, 2.05) is 71.5 Å². The molecule has 1 heterocycles. The van der Waals surface area contributed by atoms with E-state index >= 15 is 0 Å². The van der Waals surface area contributed by atoms with Crippen LogP contribution in [0.5, 0.6) is 0 Å². The molecule has 0 N–H and O–H groups in total. The molecule has 1 atom stereocenters. The number of nitrogens with zero attached hydrogens (tertiary/aromatic N) is 3. The zero-order valence-electron chi connectivity index (χ0n) is 13.7. The molecule has 0 amide bonds. The Bertz CT molecular complexity index is 833. The standard InChI is InChI=1S/C15H13IN3.C5H5.Fe/c1-11(13-8-5-9-14(13)16)19-10-15(17-18-19)12-6-3-2-4-7-12;1-2-4-5-3-1;/h2-11H,1H3;1-5H;/q2*-1;+2/t11-;;/m0../s1. The Balaban J connectivity index is 0.000000325. The summed E-state index contributed by atoms with van der Waals surface area (Å²) in [6.45, 7) is 2.14. The van der Waals surface area contributed by atoms with Crippen molar-refractivity contribution < 1.29 is 17.1 Å². The van der Waals surface area contributed by atoms with Gasteiger partial charge in [-0.1, -0.05) is 58.1 Å².